The van der Waals surface area contributed by atoms with Gasteiger partial charge in [0.1, 0.15) is 6.17 Å². The van der Waals surface area contributed by atoms with Crippen LogP contribution in [0.2, 0.25) is 0 Å². The van der Waals surface area contributed by atoms with Gasteiger partial charge in [0.05, 0.1) is 6.04 Å². The Morgan fingerprint density at radius 2 is 2.15 bits per heavy atom. The van der Waals surface area contributed by atoms with Gasteiger partial charge in [-0.25, -0.2) is 0 Å². The van der Waals surface area contributed by atoms with E-state index in [1.165, 1.54) is 24.8 Å². The smallest absolute Gasteiger partial charge is 0.241 e. The third kappa shape index (κ3) is 2.51. The molecule has 2 aliphatic rings. The van der Waals surface area contributed by atoms with Crippen molar-refractivity contribution in [1.29, 1.82) is 0 Å². The number of amides is 1. The summed E-state index contributed by atoms with van der Waals surface area (Å²) in [6.45, 7) is 4.38. The van der Waals surface area contributed by atoms with E-state index in [9.17, 15) is 4.79 Å². The first-order valence-electron chi connectivity index (χ1n) is 7.86. The van der Waals surface area contributed by atoms with Crippen molar-refractivity contribution in [2.24, 2.45) is 5.92 Å². The third-order valence-corrected chi connectivity index (χ3v) is 5.23. The molecule has 20 heavy (non-hydrogen) atoms. The van der Waals surface area contributed by atoms with E-state index >= 15 is 0 Å². The maximum absolute atomic E-state index is 12.7. The van der Waals surface area contributed by atoms with E-state index in [1.54, 1.807) is 11.3 Å². The van der Waals surface area contributed by atoms with Gasteiger partial charge in [0.25, 0.3) is 0 Å². The van der Waals surface area contributed by atoms with Crippen LogP contribution in [0.15, 0.2) is 16.8 Å². The van der Waals surface area contributed by atoms with E-state index < -0.39 is 0 Å². The molecule has 1 saturated carbocycles. The molecule has 0 bridgehead atoms. The lowest BCUT2D eigenvalue weighted by Crippen LogP contribution is -2.34. The highest BCUT2D eigenvalue weighted by atomic mass is 32.1. The normalized spacial score (nSPS) is 32.9. The molecule has 1 aliphatic carbocycles. The predicted octanol–water partition coefficient (Wildman–Crippen LogP) is 3.54. The van der Waals surface area contributed by atoms with E-state index in [0.717, 1.165) is 18.8 Å². The first-order valence-corrected chi connectivity index (χ1v) is 8.80. The number of hydrogen-bond donors (Lipinski definition) is 1. The van der Waals surface area contributed by atoms with Crippen LogP contribution in [0.3, 0.4) is 0 Å². The molecule has 1 aromatic heterocycles. The van der Waals surface area contributed by atoms with Gasteiger partial charge in [-0.1, -0.05) is 26.7 Å². The Balaban J connectivity index is 1.78. The molecule has 4 unspecified atom stereocenters. The monoisotopic (exact) mass is 292 g/mol. The van der Waals surface area contributed by atoms with Crippen LogP contribution in [0.5, 0.6) is 0 Å². The van der Waals surface area contributed by atoms with Gasteiger partial charge in [-0.15, -0.1) is 0 Å². The summed E-state index contributed by atoms with van der Waals surface area (Å²) in [5.74, 6) is 1.05. The number of carbonyl (C=O) groups excluding carboxylic acids is 1. The average molecular weight is 292 g/mol. The lowest BCUT2D eigenvalue weighted by molar-refractivity contribution is -0.131. The minimum atomic E-state index is 0.0211. The van der Waals surface area contributed by atoms with Gasteiger partial charge in [0.15, 0.2) is 0 Å². The number of thiophene rings is 1. The second kappa shape index (κ2) is 5.86. The summed E-state index contributed by atoms with van der Waals surface area (Å²) >= 11 is 1.71. The summed E-state index contributed by atoms with van der Waals surface area (Å²) in [7, 11) is 0. The lowest BCUT2D eigenvalue weighted by atomic mass is 10.1. The van der Waals surface area contributed by atoms with Gasteiger partial charge in [0, 0.05) is 6.04 Å². The van der Waals surface area contributed by atoms with Crippen molar-refractivity contribution >= 4 is 17.2 Å². The highest BCUT2D eigenvalue weighted by Crippen LogP contribution is 2.45. The quantitative estimate of drug-likeness (QED) is 0.870. The van der Waals surface area contributed by atoms with Crippen molar-refractivity contribution in [1.82, 2.24) is 10.2 Å². The van der Waals surface area contributed by atoms with Gasteiger partial charge >= 0.3 is 0 Å². The van der Waals surface area contributed by atoms with Crippen LogP contribution >= 0.6 is 11.3 Å². The van der Waals surface area contributed by atoms with E-state index in [-0.39, 0.29) is 12.2 Å². The minimum Gasteiger partial charge on any atom is -0.318 e. The molecule has 2 heterocycles. The highest BCUT2D eigenvalue weighted by Gasteiger charge is 2.51. The molecule has 0 spiro atoms. The molecule has 1 aliphatic heterocycles. The third-order valence-electron chi connectivity index (χ3n) is 4.53. The Labute approximate surface area is 125 Å². The van der Waals surface area contributed by atoms with Crippen LogP contribution in [0.25, 0.3) is 0 Å². The van der Waals surface area contributed by atoms with E-state index in [0.29, 0.717) is 11.9 Å². The maximum Gasteiger partial charge on any atom is 0.241 e. The molecule has 3 rings (SSSR count). The molecule has 4 heteroatoms. The molecule has 110 valence electrons. The minimum absolute atomic E-state index is 0.0211. The maximum atomic E-state index is 12.7. The molecule has 1 N–H and O–H groups in total. The van der Waals surface area contributed by atoms with Crippen molar-refractivity contribution < 1.29 is 4.79 Å². The number of hydrogen-bond acceptors (Lipinski definition) is 3. The summed E-state index contributed by atoms with van der Waals surface area (Å²) < 4.78 is 0. The molecule has 0 radical (unpaired) electrons. The topological polar surface area (TPSA) is 32.3 Å². The Morgan fingerprint density at radius 1 is 1.35 bits per heavy atom. The zero-order chi connectivity index (χ0) is 14.1. The van der Waals surface area contributed by atoms with Crippen molar-refractivity contribution in [2.75, 3.05) is 0 Å². The highest BCUT2D eigenvalue weighted by molar-refractivity contribution is 7.07. The first kappa shape index (κ1) is 14.1. The zero-order valence-corrected chi connectivity index (χ0v) is 13.2. The van der Waals surface area contributed by atoms with Crippen molar-refractivity contribution in [3.05, 3.63) is 22.4 Å². The van der Waals surface area contributed by atoms with Gasteiger partial charge < -0.3 is 4.90 Å². The van der Waals surface area contributed by atoms with Crippen molar-refractivity contribution in [3.8, 4) is 0 Å². The summed E-state index contributed by atoms with van der Waals surface area (Å²) in [5, 5.41) is 7.83. The predicted molar refractivity (Wildman–Crippen MR) is 82.5 cm³/mol. The van der Waals surface area contributed by atoms with E-state index in [1.807, 2.05) is 0 Å². The molecule has 1 amide bonds. The van der Waals surface area contributed by atoms with Crippen LogP contribution in [0, 0.1) is 5.92 Å². The summed E-state index contributed by atoms with van der Waals surface area (Å²) in [4.78, 5) is 14.9. The lowest BCUT2D eigenvalue weighted by Gasteiger charge is -2.24. The fourth-order valence-corrected chi connectivity index (χ4v) is 4.12. The van der Waals surface area contributed by atoms with Crippen LogP contribution in [-0.2, 0) is 4.79 Å². The molecule has 3 nitrogen and oxygen atoms in total. The molecular formula is C16H24N2OS. The van der Waals surface area contributed by atoms with E-state index in [2.05, 4.69) is 40.9 Å². The largest absolute Gasteiger partial charge is 0.318 e. The fourth-order valence-electron chi connectivity index (χ4n) is 3.44. The first-order chi connectivity index (χ1) is 9.76. The second-order valence-electron chi connectivity index (χ2n) is 6.06. The van der Waals surface area contributed by atoms with E-state index in [4.69, 9.17) is 0 Å². The van der Waals surface area contributed by atoms with Gasteiger partial charge in [-0.05, 0) is 47.6 Å². The fraction of sp³-hybridized carbons (Fsp3) is 0.688. The standard InChI is InChI=1S/C16H24N2OS/c1-3-5-11-9-14(11)18-15(12-7-8-20-10-12)17-13(6-4-2)16(18)19/h7-8,10-11,13-15,17H,3-6,9H2,1-2H3. The zero-order valence-electron chi connectivity index (χ0n) is 12.3. The van der Waals surface area contributed by atoms with Crippen molar-refractivity contribution in [2.45, 2.75) is 64.2 Å². The Kier molecular flexibility index (Phi) is 4.13. The van der Waals surface area contributed by atoms with Gasteiger partial charge in [0.2, 0.25) is 5.91 Å². The summed E-state index contributed by atoms with van der Waals surface area (Å²) in [6.07, 6.45) is 5.78. The van der Waals surface area contributed by atoms with Crippen molar-refractivity contribution in [3.63, 3.8) is 0 Å². The van der Waals surface area contributed by atoms with Crippen LogP contribution in [0.1, 0.15) is 57.7 Å². The number of nitrogens with one attached hydrogen (secondary N) is 1. The molecule has 1 saturated heterocycles. The Bertz CT molecular complexity index is 459. The van der Waals surface area contributed by atoms with Crippen LogP contribution in [0.4, 0.5) is 0 Å². The second-order valence-corrected chi connectivity index (χ2v) is 6.84. The molecule has 0 aromatic carbocycles. The number of rotatable bonds is 6. The molecule has 4 atom stereocenters. The van der Waals surface area contributed by atoms with Crippen LogP contribution < -0.4 is 5.32 Å². The molecule has 1 aromatic rings. The number of carbonyl (C=O) groups is 1. The molecule has 2 fully saturated rings. The molecular weight excluding hydrogens is 268 g/mol. The van der Waals surface area contributed by atoms with Gasteiger partial charge in [-0.2, -0.15) is 11.3 Å². The summed E-state index contributed by atoms with van der Waals surface area (Å²) in [5.41, 5.74) is 1.25. The number of nitrogens with zero attached hydrogens (tertiary/aromatic N) is 1. The Morgan fingerprint density at radius 3 is 2.80 bits per heavy atom. The van der Waals surface area contributed by atoms with Crippen LogP contribution in [-0.4, -0.2) is 22.9 Å². The SMILES string of the molecule is CCCC1NC(c2ccsc2)N(C2CC2CCC)C1=O. The average Bonchev–Trinajstić information content (AvgIpc) is 2.89. The Hall–Kier alpha value is -0.870. The van der Waals surface area contributed by atoms with Gasteiger partial charge in [-0.3, -0.25) is 10.1 Å². The summed E-state index contributed by atoms with van der Waals surface area (Å²) in [6, 6.07) is 2.64.